The van der Waals surface area contributed by atoms with Crippen molar-refractivity contribution < 1.29 is 15.0 Å². The summed E-state index contributed by atoms with van der Waals surface area (Å²) in [5, 5.41) is 23.0. The summed E-state index contributed by atoms with van der Waals surface area (Å²) in [5.41, 5.74) is 0. The van der Waals surface area contributed by atoms with E-state index >= 15 is 0 Å². The first-order chi connectivity index (χ1) is 27.7. The molecule has 56 heavy (non-hydrogen) atoms. The lowest BCUT2D eigenvalue weighted by atomic mass is 10.0. The number of allylic oxidation sites excluding steroid dienone is 11. The third-order valence-electron chi connectivity index (χ3n) is 10.7. The maximum absolute atomic E-state index is 12.4. The molecule has 0 aliphatic heterocycles. The van der Waals surface area contributed by atoms with Gasteiger partial charge in [0.05, 0.1) is 18.8 Å². The van der Waals surface area contributed by atoms with E-state index in [4.69, 9.17) is 0 Å². The highest BCUT2D eigenvalue weighted by Crippen LogP contribution is 2.16. The third kappa shape index (κ3) is 43.0. The molecule has 4 heteroatoms. The van der Waals surface area contributed by atoms with Crippen LogP contribution in [0, 0.1) is 0 Å². The van der Waals surface area contributed by atoms with Gasteiger partial charge < -0.3 is 15.5 Å². The van der Waals surface area contributed by atoms with Gasteiger partial charge in [-0.25, -0.2) is 0 Å². The Morgan fingerprint density at radius 2 is 0.804 bits per heavy atom. The van der Waals surface area contributed by atoms with Crippen molar-refractivity contribution >= 4 is 5.91 Å². The van der Waals surface area contributed by atoms with E-state index in [1.165, 1.54) is 148 Å². The zero-order chi connectivity index (χ0) is 40.7. The summed E-state index contributed by atoms with van der Waals surface area (Å²) in [6.45, 7) is 4.17. The van der Waals surface area contributed by atoms with E-state index in [1.54, 1.807) is 6.08 Å². The molecular formula is C52H93NO3. The van der Waals surface area contributed by atoms with Crippen molar-refractivity contribution in [2.75, 3.05) is 6.61 Å². The van der Waals surface area contributed by atoms with E-state index in [2.05, 4.69) is 79.9 Å². The Morgan fingerprint density at radius 1 is 0.446 bits per heavy atom. The van der Waals surface area contributed by atoms with Gasteiger partial charge in [0, 0.05) is 6.42 Å². The molecule has 0 fully saturated rings. The molecule has 0 saturated heterocycles. The number of hydrogen-bond donors (Lipinski definition) is 3. The number of rotatable bonds is 43. The number of unbranched alkanes of at least 4 members (excludes halogenated alkanes) is 26. The molecule has 0 spiro atoms. The van der Waals surface area contributed by atoms with Crippen molar-refractivity contribution in [3.8, 4) is 0 Å². The minimum atomic E-state index is -0.883. The molecule has 2 unspecified atom stereocenters. The molecule has 0 aliphatic rings. The van der Waals surface area contributed by atoms with Crippen LogP contribution in [0.5, 0.6) is 0 Å². The summed E-state index contributed by atoms with van der Waals surface area (Å²) < 4.78 is 0. The van der Waals surface area contributed by atoms with Crippen LogP contribution in [0.15, 0.2) is 72.9 Å². The Morgan fingerprint density at radius 3 is 1.25 bits per heavy atom. The standard InChI is InChI=1S/C52H93NO3/c1-3-5-7-9-11-13-15-17-19-20-21-22-23-24-25-26-27-28-29-30-31-32-34-35-37-39-41-43-45-47-51(55)50(49-54)53-52(56)48-46-44-42-40-38-36-33-18-16-14-12-10-8-6-4-2/h6,8,12,14,18,33,37-40,45,47,50-51,54-55H,3-5,7,9-11,13,15-17,19-32,34-36,41-44,46,48-49H2,1-2H3,(H,53,56)/b8-6-,14-12-,33-18-,39-37+,40-38-,47-45+. The quantitative estimate of drug-likeness (QED) is 0.0426. The van der Waals surface area contributed by atoms with Gasteiger partial charge in [0.15, 0.2) is 0 Å². The van der Waals surface area contributed by atoms with Crippen LogP contribution in [0.4, 0.5) is 0 Å². The van der Waals surface area contributed by atoms with E-state index in [9.17, 15) is 15.0 Å². The van der Waals surface area contributed by atoms with Crippen molar-refractivity contribution in [3.63, 3.8) is 0 Å². The van der Waals surface area contributed by atoms with E-state index < -0.39 is 12.1 Å². The van der Waals surface area contributed by atoms with Gasteiger partial charge >= 0.3 is 0 Å². The molecule has 0 saturated carbocycles. The molecule has 0 aromatic carbocycles. The van der Waals surface area contributed by atoms with Crippen LogP contribution in [0.2, 0.25) is 0 Å². The lowest BCUT2D eigenvalue weighted by Crippen LogP contribution is -2.45. The average Bonchev–Trinajstić information content (AvgIpc) is 3.20. The molecule has 0 bridgehead atoms. The summed E-state index contributed by atoms with van der Waals surface area (Å²) in [7, 11) is 0. The van der Waals surface area contributed by atoms with E-state index in [-0.39, 0.29) is 12.5 Å². The number of amides is 1. The smallest absolute Gasteiger partial charge is 0.220 e. The summed E-state index contributed by atoms with van der Waals surface area (Å²) >= 11 is 0. The normalized spacial score (nSPS) is 13.6. The molecule has 0 aromatic rings. The minimum absolute atomic E-state index is 0.116. The van der Waals surface area contributed by atoms with Crippen molar-refractivity contribution in [1.29, 1.82) is 0 Å². The molecule has 0 rings (SSSR count). The molecule has 324 valence electrons. The molecule has 0 radical (unpaired) electrons. The first-order valence-corrected chi connectivity index (χ1v) is 24.2. The monoisotopic (exact) mass is 780 g/mol. The SMILES string of the molecule is CC/C=C\C/C=C\C/C=C\C/C=C\CCCCC(=O)NC(CO)C(O)/C=C/CC/C=C/CCCCCCCCCCCCCCCCCCCCCCCCC. The predicted octanol–water partition coefficient (Wildman–Crippen LogP) is 15.5. The Hall–Kier alpha value is -2.17. The van der Waals surface area contributed by atoms with Gasteiger partial charge in [-0.05, 0) is 70.6 Å². The second-order valence-electron chi connectivity index (χ2n) is 16.1. The topological polar surface area (TPSA) is 69.6 Å². The van der Waals surface area contributed by atoms with Gasteiger partial charge in [-0.2, -0.15) is 0 Å². The fourth-order valence-corrected chi connectivity index (χ4v) is 7.01. The summed E-state index contributed by atoms with van der Waals surface area (Å²) in [6, 6.07) is -0.664. The zero-order valence-corrected chi connectivity index (χ0v) is 37.1. The van der Waals surface area contributed by atoms with E-state index in [0.29, 0.717) is 6.42 Å². The van der Waals surface area contributed by atoms with Gasteiger partial charge in [0.2, 0.25) is 5.91 Å². The maximum atomic E-state index is 12.4. The Bertz CT molecular complexity index is 977. The number of nitrogens with one attached hydrogen (secondary N) is 1. The van der Waals surface area contributed by atoms with Gasteiger partial charge in [-0.1, -0.05) is 228 Å². The highest BCUT2D eigenvalue weighted by molar-refractivity contribution is 5.76. The van der Waals surface area contributed by atoms with Gasteiger partial charge in [-0.3, -0.25) is 4.79 Å². The fraction of sp³-hybridized carbons (Fsp3) is 0.750. The molecule has 4 nitrogen and oxygen atoms in total. The molecule has 0 aromatic heterocycles. The number of aliphatic hydroxyl groups is 2. The average molecular weight is 780 g/mol. The number of hydrogen-bond acceptors (Lipinski definition) is 3. The Labute approximate surface area is 349 Å². The predicted molar refractivity (Wildman–Crippen MR) is 248 cm³/mol. The summed E-state index contributed by atoms with van der Waals surface area (Å²) in [6.07, 6.45) is 67.6. The highest BCUT2D eigenvalue weighted by atomic mass is 16.3. The summed E-state index contributed by atoms with van der Waals surface area (Å²) in [5.74, 6) is -0.116. The Balaban J connectivity index is 3.59. The molecule has 0 heterocycles. The highest BCUT2D eigenvalue weighted by Gasteiger charge is 2.17. The first-order valence-electron chi connectivity index (χ1n) is 24.2. The number of carbonyl (C=O) groups is 1. The van der Waals surface area contributed by atoms with E-state index in [1.807, 2.05) is 6.08 Å². The summed E-state index contributed by atoms with van der Waals surface area (Å²) in [4.78, 5) is 12.4. The van der Waals surface area contributed by atoms with Crippen LogP contribution in [-0.2, 0) is 4.79 Å². The molecular weight excluding hydrogens is 687 g/mol. The second-order valence-corrected chi connectivity index (χ2v) is 16.1. The van der Waals surface area contributed by atoms with E-state index in [0.717, 1.165) is 64.2 Å². The van der Waals surface area contributed by atoms with Crippen LogP contribution in [0.1, 0.15) is 232 Å². The van der Waals surface area contributed by atoms with Crippen molar-refractivity contribution in [1.82, 2.24) is 5.32 Å². The van der Waals surface area contributed by atoms with Gasteiger partial charge in [-0.15, -0.1) is 0 Å². The molecule has 3 N–H and O–H groups in total. The van der Waals surface area contributed by atoms with Gasteiger partial charge in [0.25, 0.3) is 0 Å². The maximum Gasteiger partial charge on any atom is 0.220 e. The van der Waals surface area contributed by atoms with Crippen LogP contribution in [0.3, 0.4) is 0 Å². The lowest BCUT2D eigenvalue weighted by Gasteiger charge is -2.19. The van der Waals surface area contributed by atoms with Crippen LogP contribution >= 0.6 is 0 Å². The second kappa shape index (κ2) is 47.2. The van der Waals surface area contributed by atoms with Gasteiger partial charge in [0.1, 0.15) is 0 Å². The zero-order valence-electron chi connectivity index (χ0n) is 37.1. The molecule has 0 aliphatic carbocycles. The lowest BCUT2D eigenvalue weighted by molar-refractivity contribution is -0.123. The number of aliphatic hydroxyl groups excluding tert-OH is 2. The Kier molecular flexibility index (Phi) is 45.4. The fourth-order valence-electron chi connectivity index (χ4n) is 7.01. The first kappa shape index (κ1) is 53.8. The van der Waals surface area contributed by atoms with Crippen molar-refractivity contribution in [2.24, 2.45) is 0 Å². The van der Waals surface area contributed by atoms with Crippen molar-refractivity contribution in [3.05, 3.63) is 72.9 Å². The largest absolute Gasteiger partial charge is 0.394 e. The third-order valence-corrected chi connectivity index (χ3v) is 10.7. The van der Waals surface area contributed by atoms with Crippen LogP contribution < -0.4 is 5.32 Å². The van der Waals surface area contributed by atoms with Crippen LogP contribution in [-0.4, -0.2) is 34.9 Å². The molecule has 2 atom stereocenters. The molecule has 1 amide bonds. The number of carbonyl (C=O) groups excluding carboxylic acids is 1. The van der Waals surface area contributed by atoms with Crippen molar-refractivity contribution in [2.45, 2.75) is 244 Å². The van der Waals surface area contributed by atoms with Crippen LogP contribution in [0.25, 0.3) is 0 Å². The minimum Gasteiger partial charge on any atom is -0.394 e.